The zero-order valence-electron chi connectivity index (χ0n) is 12.5. The molecule has 0 unspecified atom stereocenters. The van der Waals surface area contributed by atoms with Gasteiger partial charge in [0.2, 0.25) is 5.91 Å². The van der Waals surface area contributed by atoms with Crippen LogP contribution >= 0.6 is 0 Å². The molecule has 0 aliphatic carbocycles. The summed E-state index contributed by atoms with van der Waals surface area (Å²) in [6.45, 7) is 3.87. The maximum Gasteiger partial charge on any atom is 0.313 e. The SMILES string of the molecule is CCc1nn(CC(=O)N(C)CCC#N)c(CC)c1[N+](=O)[O-]. The first-order valence-electron chi connectivity index (χ1n) is 6.80. The maximum absolute atomic E-state index is 12.1. The highest BCUT2D eigenvalue weighted by Crippen LogP contribution is 2.24. The molecule has 1 heterocycles. The Bertz CT molecular complexity index is 573. The molecule has 0 fully saturated rings. The number of nitro groups is 1. The van der Waals surface area contributed by atoms with Crippen LogP contribution in [0.4, 0.5) is 5.69 Å². The van der Waals surface area contributed by atoms with Gasteiger partial charge in [-0.15, -0.1) is 0 Å². The number of nitrogens with zero attached hydrogens (tertiary/aromatic N) is 5. The minimum Gasteiger partial charge on any atom is -0.343 e. The van der Waals surface area contributed by atoms with Crippen LogP contribution in [-0.2, 0) is 24.2 Å². The molecule has 0 aromatic carbocycles. The second-order valence-corrected chi connectivity index (χ2v) is 4.59. The number of nitriles is 1. The summed E-state index contributed by atoms with van der Waals surface area (Å²) in [4.78, 5) is 24.2. The minimum absolute atomic E-state index is 0.00692. The summed E-state index contributed by atoms with van der Waals surface area (Å²) in [6, 6.07) is 1.97. The fourth-order valence-corrected chi connectivity index (χ4v) is 2.06. The molecule has 1 amide bonds. The highest BCUT2D eigenvalue weighted by molar-refractivity contribution is 5.75. The van der Waals surface area contributed by atoms with Crippen LogP contribution in [0, 0.1) is 21.4 Å². The van der Waals surface area contributed by atoms with Crippen LogP contribution in [0.15, 0.2) is 0 Å². The normalized spacial score (nSPS) is 10.2. The monoisotopic (exact) mass is 293 g/mol. The fraction of sp³-hybridized carbons (Fsp3) is 0.615. The number of likely N-dealkylation sites (N-methyl/N-ethyl adjacent to an activating group) is 1. The molecule has 0 saturated heterocycles. The van der Waals surface area contributed by atoms with Gasteiger partial charge in [0.25, 0.3) is 0 Å². The Balaban J connectivity index is 3.01. The van der Waals surface area contributed by atoms with Gasteiger partial charge in [0, 0.05) is 13.6 Å². The topological polar surface area (TPSA) is 105 Å². The lowest BCUT2D eigenvalue weighted by atomic mass is 10.2. The van der Waals surface area contributed by atoms with Gasteiger partial charge in [0.15, 0.2) is 0 Å². The molecule has 8 heteroatoms. The van der Waals surface area contributed by atoms with E-state index >= 15 is 0 Å². The van der Waals surface area contributed by atoms with Crippen molar-refractivity contribution in [3.8, 4) is 6.07 Å². The number of hydrogen-bond acceptors (Lipinski definition) is 5. The summed E-state index contributed by atoms with van der Waals surface area (Å²) in [5.74, 6) is -0.222. The summed E-state index contributed by atoms with van der Waals surface area (Å²) in [6.07, 6.45) is 1.12. The second-order valence-electron chi connectivity index (χ2n) is 4.59. The number of rotatable bonds is 7. The van der Waals surface area contributed by atoms with Gasteiger partial charge in [0.05, 0.1) is 17.4 Å². The number of carbonyl (C=O) groups is 1. The Morgan fingerprint density at radius 1 is 1.48 bits per heavy atom. The third-order valence-corrected chi connectivity index (χ3v) is 3.22. The number of aryl methyl sites for hydroxylation is 1. The van der Waals surface area contributed by atoms with Gasteiger partial charge in [-0.05, 0) is 12.8 Å². The van der Waals surface area contributed by atoms with E-state index in [9.17, 15) is 14.9 Å². The van der Waals surface area contributed by atoms with Crippen molar-refractivity contribution in [2.24, 2.45) is 0 Å². The molecule has 0 bridgehead atoms. The Hall–Kier alpha value is -2.43. The van der Waals surface area contributed by atoms with Gasteiger partial charge in [-0.1, -0.05) is 13.8 Å². The zero-order chi connectivity index (χ0) is 16.0. The lowest BCUT2D eigenvalue weighted by Crippen LogP contribution is -2.31. The summed E-state index contributed by atoms with van der Waals surface area (Å²) >= 11 is 0. The van der Waals surface area contributed by atoms with E-state index < -0.39 is 4.92 Å². The molecular weight excluding hydrogens is 274 g/mol. The van der Waals surface area contributed by atoms with Crippen molar-refractivity contribution in [2.45, 2.75) is 39.7 Å². The van der Waals surface area contributed by atoms with Crippen molar-refractivity contribution < 1.29 is 9.72 Å². The van der Waals surface area contributed by atoms with Crippen molar-refractivity contribution in [2.75, 3.05) is 13.6 Å². The van der Waals surface area contributed by atoms with Gasteiger partial charge in [-0.25, -0.2) is 0 Å². The van der Waals surface area contributed by atoms with Crippen molar-refractivity contribution in [3.63, 3.8) is 0 Å². The highest BCUT2D eigenvalue weighted by atomic mass is 16.6. The van der Waals surface area contributed by atoms with E-state index in [2.05, 4.69) is 5.10 Å². The smallest absolute Gasteiger partial charge is 0.313 e. The zero-order valence-corrected chi connectivity index (χ0v) is 12.5. The van der Waals surface area contributed by atoms with Crippen molar-refractivity contribution in [3.05, 3.63) is 21.5 Å². The van der Waals surface area contributed by atoms with Crippen molar-refractivity contribution in [1.29, 1.82) is 5.26 Å². The number of hydrogen-bond donors (Lipinski definition) is 0. The van der Waals surface area contributed by atoms with Crippen LogP contribution in [0.25, 0.3) is 0 Å². The third-order valence-electron chi connectivity index (χ3n) is 3.22. The van der Waals surface area contributed by atoms with E-state index in [1.807, 2.05) is 6.07 Å². The molecular formula is C13H19N5O3. The van der Waals surface area contributed by atoms with Crippen molar-refractivity contribution in [1.82, 2.24) is 14.7 Å². The van der Waals surface area contributed by atoms with Crippen LogP contribution in [0.3, 0.4) is 0 Å². The van der Waals surface area contributed by atoms with E-state index in [0.29, 0.717) is 30.8 Å². The third kappa shape index (κ3) is 3.78. The van der Waals surface area contributed by atoms with Crippen LogP contribution in [0.1, 0.15) is 31.7 Å². The molecule has 0 saturated carbocycles. The van der Waals surface area contributed by atoms with E-state index in [-0.39, 0.29) is 24.6 Å². The predicted molar refractivity (Wildman–Crippen MR) is 75.5 cm³/mol. The molecule has 21 heavy (non-hydrogen) atoms. The maximum atomic E-state index is 12.1. The fourth-order valence-electron chi connectivity index (χ4n) is 2.06. The molecule has 1 aromatic heterocycles. The number of carbonyl (C=O) groups excluding carboxylic acids is 1. The largest absolute Gasteiger partial charge is 0.343 e. The van der Waals surface area contributed by atoms with Crippen molar-refractivity contribution >= 4 is 11.6 Å². The minimum atomic E-state index is -0.439. The summed E-state index contributed by atoms with van der Waals surface area (Å²) in [5.41, 5.74) is 0.857. The van der Waals surface area contributed by atoms with Crippen LogP contribution in [0.2, 0.25) is 0 Å². The van der Waals surface area contributed by atoms with E-state index in [0.717, 1.165) is 0 Å². The average Bonchev–Trinajstić information content (AvgIpc) is 2.82. The van der Waals surface area contributed by atoms with Gasteiger partial charge < -0.3 is 4.90 Å². The Labute approximate surface area is 123 Å². The van der Waals surface area contributed by atoms with E-state index in [4.69, 9.17) is 5.26 Å². The summed E-state index contributed by atoms with van der Waals surface area (Å²) < 4.78 is 1.40. The molecule has 0 atom stereocenters. The first-order chi connectivity index (χ1) is 9.96. The molecule has 0 N–H and O–H groups in total. The Morgan fingerprint density at radius 2 is 2.14 bits per heavy atom. The molecule has 0 aliphatic heterocycles. The van der Waals surface area contributed by atoms with E-state index in [1.54, 1.807) is 20.9 Å². The van der Waals surface area contributed by atoms with Gasteiger partial charge in [0.1, 0.15) is 17.9 Å². The molecule has 0 aliphatic rings. The Morgan fingerprint density at radius 3 is 2.62 bits per heavy atom. The first-order valence-corrected chi connectivity index (χ1v) is 6.80. The number of amides is 1. The molecule has 1 rings (SSSR count). The summed E-state index contributed by atoms with van der Waals surface area (Å²) in [7, 11) is 1.60. The molecule has 0 spiro atoms. The predicted octanol–water partition coefficient (Wildman–Crippen LogP) is 1.29. The highest BCUT2D eigenvalue weighted by Gasteiger charge is 2.26. The van der Waals surface area contributed by atoms with E-state index in [1.165, 1.54) is 9.58 Å². The number of aromatic nitrogens is 2. The average molecular weight is 293 g/mol. The Kier molecular flexibility index (Phi) is 5.84. The lowest BCUT2D eigenvalue weighted by molar-refractivity contribution is -0.386. The van der Waals surface area contributed by atoms with Crippen LogP contribution in [0.5, 0.6) is 0 Å². The molecule has 114 valence electrons. The lowest BCUT2D eigenvalue weighted by Gasteiger charge is -2.15. The summed E-state index contributed by atoms with van der Waals surface area (Å²) in [5, 5.41) is 23.9. The second kappa shape index (κ2) is 7.38. The standard InChI is InChI=1S/C13H19N5O3/c1-4-10-13(18(20)21)11(5-2)17(15-10)9-12(19)16(3)8-6-7-14/h4-6,8-9H2,1-3H3. The van der Waals surface area contributed by atoms with Gasteiger partial charge >= 0.3 is 5.69 Å². The first kappa shape index (κ1) is 16.6. The quantitative estimate of drug-likeness (QED) is 0.556. The van der Waals surface area contributed by atoms with Gasteiger partial charge in [-0.3, -0.25) is 19.6 Å². The van der Waals surface area contributed by atoms with Crippen LogP contribution in [-0.4, -0.2) is 39.1 Å². The van der Waals surface area contributed by atoms with Gasteiger partial charge in [-0.2, -0.15) is 10.4 Å². The molecule has 8 nitrogen and oxygen atoms in total. The molecule has 1 aromatic rings. The van der Waals surface area contributed by atoms with Crippen LogP contribution < -0.4 is 0 Å². The molecule has 0 radical (unpaired) electrons.